The number of likely N-dealkylation sites (tertiary alicyclic amines) is 1. The van der Waals surface area contributed by atoms with Gasteiger partial charge in [-0.05, 0) is 45.4 Å². The van der Waals surface area contributed by atoms with E-state index in [0.717, 1.165) is 51.6 Å². The van der Waals surface area contributed by atoms with E-state index in [-0.39, 0.29) is 17.6 Å². The third-order valence-electron chi connectivity index (χ3n) is 5.63. The molecular formula is C17H25N3O4. The average molecular weight is 335 g/mol. The molecule has 0 aromatic carbocycles. The number of aryl methyl sites for hydroxylation is 1. The van der Waals surface area contributed by atoms with Gasteiger partial charge in [0.05, 0.1) is 5.60 Å². The normalized spacial score (nSPS) is 27.7. The molecular weight excluding hydrogens is 310 g/mol. The van der Waals surface area contributed by atoms with Crippen LogP contribution in [0.15, 0.2) is 4.52 Å². The molecule has 1 spiro atoms. The Morgan fingerprint density at radius 2 is 1.92 bits per heavy atom. The third-order valence-corrected chi connectivity index (χ3v) is 5.63. The third kappa shape index (κ3) is 3.07. The van der Waals surface area contributed by atoms with Gasteiger partial charge < -0.3 is 18.9 Å². The maximum Gasteiger partial charge on any atom is 0.255 e. The minimum absolute atomic E-state index is 0.0936. The molecule has 1 amide bonds. The lowest BCUT2D eigenvalue weighted by molar-refractivity contribution is -0.145. The largest absolute Gasteiger partial charge is 0.381 e. The molecule has 3 aliphatic heterocycles. The number of carbonyl (C=O) groups is 1. The van der Waals surface area contributed by atoms with Crippen LogP contribution in [0.3, 0.4) is 0 Å². The van der Waals surface area contributed by atoms with Crippen molar-refractivity contribution < 1.29 is 18.8 Å². The van der Waals surface area contributed by atoms with Crippen LogP contribution >= 0.6 is 0 Å². The first-order chi connectivity index (χ1) is 11.7. The molecule has 4 heterocycles. The fourth-order valence-corrected chi connectivity index (χ4v) is 4.14. The molecule has 7 nitrogen and oxygen atoms in total. The summed E-state index contributed by atoms with van der Waals surface area (Å²) in [7, 11) is 0. The lowest BCUT2D eigenvalue weighted by Gasteiger charge is -2.40. The van der Waals surface area contributed by atoms with Crippen molar-refractivity contribution in [2.24, 2.45) is 5.92 Å². The predicted molar refractivity (Wildman–Crippen MR) is 84.2 cm³/mol. The number of hydrogen-bond acceptors (Lipinski definition) is 6. The van der Waals surface area contributed by atoms with E-state index in [4.69, 9.17) is 14.0 Å². The number of nitrogens with zero attached hydrogens (tertiary/aromatic N) is 3. The van der Waals surface area contributed by atoms with Crippen molar-refractivity contribution >= 4 is 5.91 Å². The highest BCUT2D eigenvalue weighted by Gasteiger charge is 2.45. The van der Waals surface area contributed by atoms with Gasteiger partial charge in [0.25, 0.3) is 5.89 Å². The number of amides is 1. The standard InChI is InChI=1S/C17H25N3O4/c1-12-18-15(24-19-12)14-2-5-17(23-14)6-8-20(9-7-17)16(21)13-3-10-22-11-4-13/h13-14H,2-11H2,1H3/t14-/m1/s1. The summed E-state index contributed by atoms with van der Waals surface area (Å²) in [6.45, 7) is 4.81. The van der Waals surface area contributed by atoms with Gasteiger partial charge in [-0.3, -0.25) is 4.79 Å². The molecule has 0 bridgehead atoms. The first-order valence-corrected chi connectivity index (χ1v) is 9.00. The van der Waals surface area contributed by atoms with Gasteiger partial charge >= 0.3 is 0 Å². The topological polar surface area (TPSA) is 77.7 Å². The molecule has 7 heteroatoms. The summed E-state index contributed by atoms with van der Waals surface area (Å²) in [4.78, 5) is 19.0. The summed E-state index contributed by atoms with van der Waals surface area (Å²) in [5.41, 5.74) is -0.125. The van der Waals surface area contributed by atoms with Gasteiger partial charge in [-0.1, -0.05) is 5.16 Å². The fraction of sp³-hybridized carbons (Fsp3) is 0.824. The van der Waals surface area contributed by atoms with Crippen molar-refractivity contribution in [3.05, 3.63) is 11.7 Å². The van der Waals surface area contributed by atoms with Gasteiger partial charge in [-0.2, -0.15) is 4.98 Å². The van der Waals surface area contributed by atoms with Crippen LogP contribution in [0.2, 0.25) is 0 Å². The van der Waals surface area contributed by atoms with E-state index >= 15 is 0 Å². The fourth-order valence-electron chi connectivity index (χ4n) is 4.14. The van der Waals surface area contributed by atoms with E-state index in [1.165, 1.54) is 0 Å². The van der Waals surface area contributed by atoms with Gasteiger partial charge in [0.2, 0.25) is 5.91 Å². The molecule has 3 fully saturated rings. The molecule has 4 rings (SSSR count). The monoisotopic (exact) mass is 335 g/mol. The van der Waals surface area contributed by atoms with Crippen molar-refractivity contribution in [3.8, 4) is 0 Å². The summed E-state index contributed by atoms with van der Waals surface area (Å²) in [5.74, 6) is 1.68. The first kappa shape index (κ1) is 16.0. The summed E-state index contributed by atoms with van der Waals surface area (Å²) >= 11 is 0. The Morgan fingerprint density at radius 3 is 2.58 bits per heavy atom. The molecule has 1 atom stereocenters. The zero-order chi connectivity index (χ0) is 16.6. The molecule has 0 unspecified atom stereocenters. The van der Waals surface area contributed by atoms with E-state index in [9.17, 15) is 4.79 Å². The van der Waals surface area contributed by atoms with Crippen LogP contribution in [0.25, 0.3) is 0 Å². The molecule has 0 N–H and O–H groups in total. The van der Waals surface area contributed by atoms with Crippen LogP contribution < -0.4 is 0 Å². The van der Waals surface area contributed by atoms with Crippen LogP contribution in [0, 0.1) is 12.8 Å². The number of rotatable bonds is 2. The molecule has 3 saturated heterocycles. The van der Waals surface area contributed by atoms with E-state index < -0.39 is 0 Å². The highest BCUT2D eigenvalue weighted by Crippen LogP contribution is 2.44. The van der Waals surface area contributed by atoms with Gasteiger partial charge in [0.1, 0.15) is 6.10 Å². The van der Waals surface area contributed by atoms with E-state index in [1.54, 1.807) is 0 Å². The summed E-state index contributed by atoms with van der Waals surface area (Å²) < 4.78 is 16.9. The second-order valence-electron chi connectivity index (χ2n) is 7.22. The second-order valence-corrected chi connectivity index (χ2v) is 7.22. The molecule has 132 valence electrons. The van der Waals surface area contributed by atoms with Crippen molar-refractivity contribution in [2.45, 2.75) is 57.2 Å². The quantitative estimate of drug-likeness (QED) is 0.823. The lowest BCUT2D eigenvalue weighted by atomic mass is 9.87. The average Bonchev–Trinajstić information content (AvgIpc) is 3.23. The number of carbonyl (C=O) groups excluding carboxylic acids is 1. The Hall–Kier alpha value is -1.47. The Balaban J connectivity index is 1.33. The first-order valence-electron chi connectivity index (χ1n) is 9.00. The van der Waals surface area contributed by atoms with Crippen LogP contribution in [-0.2, 0) is 14.3 Å². The Kier molecular flexibility index (Phi) is 4.30. The zero-order valence-electron chi connectivity index (χ0n) is 14.2. The molecule has 3 aliphatic rings. The van der Waals surface area contributed by atoms with Crippen LogP contribution in [-0.4, -0.2) is 52.9 Å². The number of aromatic nitrogens is 2. The van der Waals surface area contributed by atoms with Crippen LogP contribution in [0.5, 0.6) is 0 Å². The Labute approximate surface area is 141 Å². The van der Waals surface area contributed by atoms with Gasteiger partial charge in [-0.25, -0.2) is 0 Å². The smallest absolute Gasteiger partial charge is 0.255 e. The van der Waals surface area contributed by atoms with E-state index in [1.807, 2.05) is 11.8 Å². The molecule has 0 saturated carbocycles. The van der Waals surface area contributed by atoms with Crippen LogP contribution in [0.1, 0.15) is 56.3 Å². The molecule has 1 aromatic heterocycles. The SMILES string of the molecule is Cc1noc([C@H]2CCC3(CCN(C(=O)C4CCOCC4)CC3)O2)n1. The molecule has 0 aliphatic carbocycles. The maximum absolute atomic E-state index is 12.6. The van der Waals surface area contributed by atoms with Crippen molar-refractivity contribution in [2.75, 3.05) is 26.3 Å². The van der Waals surface area contributed by atoms with Gasteiger partial charge in [0, 0.05) is 32.2 Å². The molecule has 1 aromatic rings. The minimum atomic E-state index is -0.125. The number of hydrogen-bond donors (Lipinski definition) is 0. The van der Waals surface area contributed by atoms with Crippen molar-refractivity contribution in [1.29, 1.82) is 0 Å². The predicted octanol–water partition coefficient (Wildman–Crippen LogP) is 2.02. The second kappa shape index (κ2) is 6.44. The molecule has 0 radical (unpaired) electrons. The summed E-state index contributed by atoms with van der Waals surface area (Å²) in [6, 6.07) is 0. The summed E-state index contributed by atoms with van der Waals surface area (Å²) in [6.07, 6.45) is 5.32. The zero-order valence-corrected chi connectivity index (χ0v) is 14.2. The molecule has 24 heavy (non-hydrogen) atoms. The highest BCUT2D eigenvalue weighted by molar-refractivity contribution is 5.79. The minimum Gasteiger partial charge on any atom is -0.381 e. The lowest BCUT2D eigenvalue weighted by Crippen LogP contribution is -2.48. The number of ether oxygens (including phenoxy) is 2. The Morgan fingerprint density at radius 1 is 1.17 bits per heavy atom. The van der Waals surface area contributed by atoms with Crippen LogP contribution in [0.4, 0.5) is 0 Å². The maximum atomic E-state index is 12.6. The van der Waals surface area contributed by atoms with E-state index in [0.29, 0.717) is 30.8 Å². The van der Waals surface area contributed by atoms with Gasteiger partial charge in [0.15, 0.2) is 5.82 Å². The van der Waals surface area contributed by atoms with Crippen molar-refractivity contribution in [1.82, 2.24) is 15.0 Å². The van der Waals surface area contributed by atoms with E-state index in [2.05, 4.69) is 10.1 Å². The Bertz CT molecular complexity index is 588. The van der Waals surface area contributed by atoms with Crippen molar-refractivity contribution in [3.63, 3.8) is 0 Å². The highest BCUT2D eigenvalue weighted by atomic mass is 16.5. The van der Waals surface area contributed by atoms with Gasteiger partial charge in [-0.15, -0.1) is 0 Å². The number of piperidine rings is 1. The summed E-state index contributed by atoms with van der Waals surface area (Å²) in [5, 5.41) is 3.85.